The van der Waals surface area contributed by atoms with E-state index in [0.717, 1.165) is 25.5 Å². The number of nitrogens with zero attached hydrogens (tertiary/aromatic N) is 1. The third-order valence-electron chi connectivity index (χ3n) is 4.47. The number of amides is 1. The van der Waals surface area contributed by atoms with Crippen LogP contribution in [0.5, 0.6) is 0 Å². The minimum absolute atomic E-state index is 0.327. The maximum Gasteiger partial charge on any atom is 0.417 e. The molecule has 4 N–H and O–H groups in total. The summed E-state index contributed by atoms with van der Waals surface area (Å²) < 4.78 is 66.6. The zero-order valence-corrected chi connectivity index (χ0v) is 15.0. The highest BCUT2D eigenvalue weighted by atomic mass is 32.2. The number of aliphatic imine (C=N–C) groups is 1. The van der Waals surface area contributed by atoms with Crippen molar-refractivity contribution in [3.8, 4) is 0 Å². The molecule has 1 aliphatic carbocycles. The Bertz CT molecular complexity index is 838. The van der Waals surface area contributed by atoms with Gasteiger partial charge in [-0.3, -0.25) is 4.79 Å². The van der Waals surface area contributed by atoms with Crippen molar-refractivity contribution in [1.82, 2.24) is 0 Å². The second kappa shape index (κ2) is 7.26. The van der Waals surface area contributed by atoms with Crippen molar-refractivity contribution in [3.05, 3.63) is 28.8 Å². The summed E-state index contributed by atoms with van der Waals surface area (Å²) in [4.78, 5) is 14.4. The Morgan fingerprint density at radius 2 is 1.73 bits per heavy atom. The molecular weight excluding hydrogens is 371 g/mol. The number of halogens is 3. The lowest BCUT2D eigenvalue weighted by atomic mass is 10.0. The number of rotatable bonds is 3. The molecule has 1 aromatic carbocycles. The summed E-state index contributed by atoms with van der Waals surface area (Å²) in [7, 11) is -4.18. The van der Waals surface area contributed by atoms with E-state index in [1.165, 1.54) is 0 Å². The summed E-state index contributed by atoms with van der Waals surface area (Å²) in [5.41, 5.74) is 7.94. The van der Waals surface area contributed by atoms with E-state index in [9.17, 15) is 26.4 Å². The zero-order valence-electron chi connectivity index (χ0n) is 14.1. The molecule has 0 atom stereocenters. The molecule has 0 spiro atoms. The Morgan fingerprint density at radius 3 is 2.23 bits per heavy atom. The summed E-state index contributed by atoms with van der Waals surface area (Å²) in [6.45, 7) is 1.04. The highest BCUT2D eigenvalue weighted by molar-refractivity contribution is 7.92. The highest BCUT2D eigenvalue weighted by Gasteiger charge is 2.42. The van der Waals surface area contributed by atoms with Crippen LogP contribution in [0.15, 0.2) is 22.0 Å². The van der Waals surface area contributed by atoms with Crippen LogP contribution in [0.3, 0.4) is 0 Å². The monoisotopic (exact) mass is 391 g/mol. The molecule has 1 fully saturated rings. The number of guanidine groups is 1. The Balaban J connectivity index is 2.66. The van der Waals surface area contributed by atoms with Crippen molar-refractivity contribution in [1.29, 1.82) is 0 Å². The molecular formula is C16H20F3N3O3S. The summed E-state index contributed by atoms with van der Waals surface area (Å²) in [5, 5.41) is -0.851. The lowest BCUT2D eigenvalue weighted by Gasteiger charge is -2.24. The molecule has 0 aromatic heterocycles. The van der Waals surface area contributed by atoms with Crippen LogP contribution in [0.4, 0.5) is 13.2 Å². The summed E-state index contributed by atoms with van der Waals surface area (Å²) in [5.74, 6) is -1.66. The third-order valence-corrected chi connectivity index (χ3v) is 6.77. The second-order valence-corrected chi connectivity index (χ2v) is 8.45. The van der Waals surface area contributed by atoms with Crippen molar-refractivity contribution in [3.63, 3.8) is 0 Å². The number of sulfone groups is 1. The van der Waals surface area contributed by atoms with Gasteiger partial charge >= 0.3 is 6.18 Å². The second-order valence-electron chi connectivity index (χ2n) is 6.26. The molecule has 1 amide bonds. The predicted molar refractivity (Wildman–Crippen MR) is 90.4 cm³/mol. The van der Waals surface area contributed by atoms with Gasteiger partial charge in [-0.2, -0.15) is 18.2 Å². The maximum atomic E-state index is 13.7. The van der Waals surface area contributed by atoms with Crippen LogP contribution in [0.1, 0.15) is 53.6 Å². The van der Waals surface area contributed by atoms with Crippen molar-refractivity contribution in [2.24, 2.45) is 16.5 Å². The Kier molecular flexibility index (Phi) is 5.64. The molecule has 1 saturated carbocycles. The van der Waals surface area contributed by atoms with Gasteiger partial charge in [0, 0.05) is 5.56 Å². The number of hydrogen-bond acceptors (Lipinski definition) is 3. The Hall–Kier alpha value is -2.10. The van der Waals surface area contributed by atoms with Crippen LogP contribution >= 0.6 is 0 Å². The first-order valence-electron chi connectivity index (χ1n) is 8.05. The van der Waals surface area contributed by atoms with E-state index in [4.69, 9.17) is 11.5 Å². The standard InChI is InChI=1S/C16H20F3N3O3S/c1-9-11(14(23)22-15(20)21)7-8-12(13(9)16(17,18)19)26(24,25)10-5-3-2-4-6-10/h7-8,10H,2-6H2,1H3,(H4,20,21,22,23). The molecule has 1 aromatic rings. The van der Waals surface area contributed by atoms with Gasteiger partial charge < -0.3 is 11.5 Å². The first-order chi connectivity index (χ1) is 12.0. The van der Waals surface area contributed by atoms with Gasteiger partial charge in [-0.05, 0) is 37.5 Å². The van der Waals surface area contributed by atoms with Gasteiger partial charge in [-0.15, -0.1) is 0 Å². The van der Waals surface area contributed by atoms with Crippen LogP contribution in [-0.4, -0.2) is 25.5 Å². The molecule has 10 heteroatoms. The fraction of sp³-hybridized carbons (Fsp3) is 0.500. The third kappa shape index (κ3) is 4.00. The highest BCUT2D eigenvalue weighted by Crippen LogP contribution is 2.40. The van der Waals surface area contributed by atoms with E-state index in [1.54, 1.807) is 0 Å². The SMILES string of the molecule is Cc1c(C(=O)N=C(N)N)ccc(S(=O)(=O)C2CCCCC2)c1C(F)(F)F. The number of alkyl halides is 3. The molecule has 144 valence electrons. The number of nitrogens with two attached hydrogens (primary N) is 2. The van der Waals surface area contributed by atoms with E-state index in [-0.39, 0.29) is 0 Å². The minimum atomic E-state index is -4.95. The van der Waals surface area contributed by atoms with E-state index in [2.05, 4.69) is 4.99 Å². The van der Waals surface area contributed by atoms with Crippen molar-refractivity contribution in [2.75, 3.05) is 0 Å². The fourth-order valence-electron chi connectivity index (χ4n) is 3.24. The van der Waals surface area contributed by atoms with Crippen LogP contribution in [0, 0.1) is 6.92 Å². The summed E-state index contributed by atoms with van der Waals surface area (Å²) in [6, 6.07) is 1.85. The smallest absolute Gasteiger partial charge is 0.370 e. The van der Waals surface area contributed by atoms with E-state index >= 15 is 0 Å². The van der Waals surface area contributed by atoms with Gasteiger partial charge in [0.25, 0.3) is 5.91 Å². The number of hydrogen-bond donors (Lipinski definition) is 2. The number of benzene rings is 1. The predicted octanol–water partition coefficient (Wildman–Crippen LogP) is 2.53. The number of carbonyl (C=O) groups excluding carboxylic acids is 1. The molecule has 2 rings (SSSR count). The van der Waals surface area contributed by atoms with Crippen molar-refractivity contribution < 1.29 is 26.4 Å². The Morgan fingerprint density at radius 1 is 1.15 bits per heavy atom. The van der Waals surface area contributed by atoms with Crippen LogP contribution in [-0.2, 0) is 16.0 Å². The molecule has 0 heterocycles. The molecule has 1 aliphatic rings. The van der Waals surface area contributed by atoms with Gasteiger partial charge in [-0.25, -0.2) is 8.42 Å². The van der Waals surface area contributed by atoms with Gasteiger partial charge in [0.1, 0.15) is 0 Å². The lowest BCUT2D eigenvalue weighted by molar-refractivity contribution is -0.140. The topological polar surface area (TPSA) is 116 Å². The van der Waals surface area contributed by atoms with Crippen molar-refractivity contribution >= 4 is 21.7 Å². The first kappa shape index (κ1) is 20.2. The molecule has 0 bridgehead atoms. The van der Waals surface area contributed by atoms with E-state index in [1.807, 2.05) is 0 Å². The van der Waals surface area contributed by atoms with Crippen LogP contribution in [0.25, 0.3) is 0 Å². The first-order valence-corrected chi connectivity index (χ1v) is 9.59. The molecule has 0 aliphatic heterocycles. The van der Waals surface area contributed by atoms with Gasteiger partial charge in [0.05, 0.1) is 15.7 Å². The largest absolute Gasteiger partial charge is 0.417 e. The maximum absolute atomic E-state index is 13.7. The summed E-state index contributed by atoms with van der Waals surface area (Å²) >= 11 is 0. The molecule has 0 radical (unpaired) electrons. The molecule has 6 nitrogen and oxygen atoms in total. The van der Waals surface area contributed by atoms with Gasteiger partial charge in [-0.1, -0.05) is 19.3 Å². The quantitative estimate of drug-likeness (QED) is 0.607. The zero-order chi connectivity index (χ0) is 19.7. The normalized spacial score (nSPS) is 16.3. The molecule has 26 heavy (non-hydrogen) atoms. The average Bonchev–Trinajstić information content (AvgIpc) is 2.53. The lowest BCUT2D eigenvalue weighted by Crippen LogP contribution is -2.28. The Labute approximate surface area is 149 Å². The van der Waals surface area contributed by atoms with E-state index in [0.29, 0.717) is 25.7 Å². The number of carbonyl (C=O) groups is 1. The van der Waals surface area contributed by atoms with Crippen LogP contribution < -0.4 is 11.5 Å². The molecule has 0 unspecified atom stereocenters. The van der Waals surface area contributed by atoms with Crippen LogP contribution in [0.2, 0.25) is 0 Å². The average molecular weight is 391 g/mol. The van der Waals surface area contributed by atoms with E-state index < -0.39 is 54.7 Å². The van der Waals surface area contributed by atoms with Gasteiger partial charge in [0.2, 0.25) is 0 Å². The van der Waals surface area contributed by atoms with Crippen molar-refractivity contribution in [2.45, 2.75) is 55.3 Å². The molecule has 0 saturated heterocycles. The fourth-order valence-corrected chi connectivity index (χ4v) is 5.36. The summed E-state index contributed by atoms with van der Waals surface area (Å²) in [6.07, 6.45) is -2.12. The van der Waals surface area contributed by atoms with Gasteiger partial charge in [0.15, 0.2) is 15.8 Å². The minimum Gasteiger partial charge on any atom is -0.370 e.